The molecule has 0 spiro atoms. The van der Waals surface area contributed by atoms with Crippen LogP contribution in [0.4, 0.5) is 5.69 Å². The maximum absolute atomic E-state index is 10.9. The minimum atomic E-state index is -0.447. The van der Waals surface area contributed by atoms with Crippen molar-refractivity contribution in [2.24, 2.45) is 0 Å². The van der Waals surface area contributed by atoms with E-state index in [1.807, 2.05) is 0 Å². The first-order chi connectivity index (χ1) is 9.92. The van der Waals surface area contributed by atoms with E-state index < -0.39 is 4.92 Å². The summed E-state index contributed by atoms with van der Waals surface area (Å²) in [7, 11) is 0. The predicted molar refractivity (Wildman–Crippen MR) is 86.4 cm³/mol. The van der Waals surface area contributed by atoms with Gasteiger partial charge in [0, 0.05) is 17.2 Å². The molecular formula is C13H8Cl3NO3S. The fourth-order valence-corrected chi connectivity index (χ4v) is 3.10. The summed E-state index contributed by atoms with van der Waals surface area (Å²) in [6.07, 6.45) is 1.74. The molecule has 0 heterocycles. The third-order valence-electron chi connectivity index (χ3n) is 2.53. The van der Waals surface area contributed by atoms with Gasteiger partial charge in [-0.05, 0) is 24.5 Å². The summed E-state index contributed by atoms with van der Waals surface area (Å²) in [5, 5.41) is 11.8. The van der Waals surface area contributed by atoms with Crippen LogP contribution in [0, 0.1) is 10.1 Å². The number of hydrogen-bond donors (Lipinski definition) is 0. The van der Waals surface area contributed by atoms with E-state index in [-0.39, 0.29) is 21.5 Å². The number of rotatable bonds is 4. The van der Waals surface area contributed by atoms with Crippen molar-refractivity contribution in [2.45, 2.75) is 4.90 Å². The van der Waals surface area contributed by atoms with E-state index in [1.165, 1.54) is 36.0 Å². The molecule has 0 atom stereocenters. The lowest BCUT2D eigenvalue weighted by Gasteiger charge is -2.11. The number of thioether (sulfide) groups is 1. The number of ether oxygens (including phenoxy) is 1. The van der Waals surface area contributed by atoms with Gasteiger partial charge in [-0.15, -0.1) is 11.8 Å². The smallest absolute Gasteiger partial charge is 0.283 e. The summed E-state index contributed by atoms with van der Waals surface area (Å²) in [5.74, 6) is 0.653. The molecule has 21 heavy (non-hydrogen) atoms. The van der Waals surface area contributed by atoms with Crippen LogP contribution in [0.5, 0.6) is 11.5 Å². The SMILES string of the molecule is CSc1cc(Oc2c(Cl)cc(Cl)cc2Cl)ccc1[N+](=O)[O-]. The number of halogens is 3. The van der Waals surface area contributed by atoms with E-state index in [0.29, 0.717) is 15.7 Å². The third-order valence-corrected chi connectivity index (χ3v) is 4.08. The van der Waals surface area contributed by atoms with Crippen molar-refractivity contribution in [3.8, 4) is 11.5 Å². The van der Waals surface area contributed by atoms with Crippen molar-refractivity contribution < 1.29 is 9.66 Å². The fraction of sp³-hybridized carbons (Fsp3) is 0.0769. The average molecular weight is 365 g/mol. The predicted octanol–water partition coefficient (Wildman–Crippen LogP) is 6.07. The first kappa shape index (κ1) is 16.2. The summed E-state index contributed by atoms with van der Waals surface area (Å²) < 4.78 is 5.61. The van der Waals surface area contributed by atoms with E-state index in [1.54, 1.807) is 12.3 Å². The molecule has 0 aliphatic carbocycles. The topological polar surface area (TPSA) is 52.4 Å². The Labute approximate surface area is 140 Å². The molecule has 0 radical (unpaired) electrons. The standard InChI is InChI=1S/C13H8Cl3NO3S/c1-21-12-6-8(2-3-11(12)17(18)19)20-13-9(15)4-7(14)5-10(13)16/h2-6H,1H3. The molecule has 0 saturated heterocycles. The van der Waals surface area contributed by atoms with Crippen LogP contribution in [-0.2, 0) is 0 Å². The first-order valence-electron chi connectivity index (χ1n) is 5.57. The summed E-state index contributed by atoms with van der Waals surface area (Å²) in [6.45, 7) is 0. The highest BCUT2D eigenvalue weighted by Gasteiger charge is 2.16. The molecule has 8 heteroatoms. The molecule has 0 aromatic heterocycles. The van der Waals surface area contributed by atoms with Gasteiger partial charge in [0.1, 0.15) is 5.75 Å². The van der Waals surface area contributed by atoms with E-state index >= 15 is 0 Å². The van der Waals surface area contributed by atoms with Gasteiger partial charge in [-0.25, -0.2) is 0 Å². The lowest BCUT2D eigenvalue weighted by Crippen LogP contribution is -1.92. The molecule has 0 aliphatic rings. The monoisotopic (exact) mass is 363 g/mol. The van der Waals surface area contributed by atoms with Crippen molar-refractivity contribution in [1.29, 1.82) is 0 Å². The Kier molecular flexibility index (Phi) is 5.22. The van der Waals surface area contributed by atoms with Crippen LogP contribution in [-0.4, -0.2) is 11.2 Å². The Morgan fingerprint density at radius 3 is 2.29 bits per heavy atom. The fourth-order valence-electron chi connectivity index (χ4n) is 1.62. The summed E-state index contributed by atoms with van der Waals surface area (Å²) >= 11 is 19.1. The second-order valence-electron chi connectivity index (χ2n) is 3.89. The lowest BCUT2D eigenvalue weighted by molar-refractivity contribution is -0.387. The summed E-state index contributed by atoms with van der Waals surface area (Å²) in [5.41, 5.74) is 0.0168. The first-order valence-corrected chi connectivity index (χ1v) is 7.93. The number of nitro benzene ring substituents is 1. The molecular weight excluding hydrogens is 357 g/mol. The van der Waals surface area contributed by atoms with E-state index in [4.69, 9.17) is 39.5 Å². The van der Waals surface area contributed by atoms with Crippen molar-refractivity contribution in [2.75, 3.05) is 6.26 Å². The molecule has 2 aromatic rings. The molecule has 0 saturated carbocycles. The van der Waals surface area contributed by atoms with Crippen LogP contribution in [0.3, 0.4) is 0 Å². The van der Waals surface area contributed by atoms with Gasteiger partial charge in [-0.2, -0.15) is 0 Å². The second-order valence-corrected chi connectivity index (χ2v) is 5.99. The molecule has 110 valence electrons. The maximum Gasteiger partial charge on any atom is 0.283 e. The Morgan fingerprint density at radius 2 is 1.76 bits per heavy atom. The number of hydrogen-bond acceptors (Lipinski definition) is 4. The summed E-state index contributed by atoms with van der Waals surface area (Å²) in [4.78, 5) is 10.9. The van der Waals surface area contributed by atoms with E-state index in [2.05, 4.69) is 0 Å². The average Bonchev–Trinajstić information content (AvgIpc) is 2.42. The highest BCUT2D eigenvalue weighted by Crippen LogP contribution is 2.40. The molecule has 4 nitrogen and oxygen atoms in total. The minimum absolute atomic E-state index is 0.0168. The number of nitrogens with zero attached hydrogens (tertiary/aromatic N) is 1. The van der Waals surface area contributed by atoms with Gasteiger partial charge in [-0.3, -0.25) is 10.1 Å². The van der Waals surface area contributed by atoms with Crippen LogP contribution in [0.1, 0.15) is 0 Å². The van der Waals surface area contributed by atoms with Crippen molar-refractivity contribution >= 4 is 52.3 Å². The van der Waals surface area contributed by atoms with Gasteiger partial charge < -0.3 is 4.74 Å². The van der Waals surface area contributed by atoms with Crippen molar-refractivity contribution in [1.82, 2.24) is 0 Å². The molecule has 0 bridgehead atoms. The Morgan fingerprint density at radius 1 is 1.14 bits per heavy atom. The van der Waals surface area contributed by atoms with E-state index in [9.17, 15) is 10.1 Å². The van der Waals surface area contributed by atoms with Crippen LogP contribution < -0.4 is 4.74 Å². The zero-order valence-corrected chi connectivity index (χ0v) is 13.7. The zero-order valence-electron chi connectivity index (χ0n) is 10.6. The molecule has 0 unspecified atom stereocenters. The zero-order chi connectivity index (χ0) is 15.6. The minimum Gasteiger partial charge on any atom is -0.454 e. The van der Waals surface area contributed by atoms with Gasteiger partial charge in [0.05, 0.1) is 19.9 Å². The highest BCUT2D eigenvalue weighted by atomic mass is 35.5. The van der Waals surface area contributed by atoms with Crippen LogP contribution in [0.15, 0.2) is 35.2 Å². The van der Waals surface area contributed by atoms with Gasteiger partial charge in [0.25, 0.3) is 5.69 Å². The lowest BCUT2D eigenvalue weighted by atomic mass is 10.3. The van der Waals surface area contributed by atoms with Gasteiger partial charge in [0.2, 0.25) is 0 Å². The molecule has 0 N–H and O–H groups in total. The Hall–Kier alpha value is -1.14. The number of benzene rings is 2. The molecule has 2 aromatic carbocycles. The van der Waals surface area contributed by atoms with Crippen molar-refractivity contribution in [3.63, 3.8) is 0 Å². The van der Waals surface area contributed by atoms with Gasteiger partial charge >= 0.3 is 0 Å². The third kappa shape index (κ3) is 3.74. The molecule has 0 fully saturated rings. The largest absolute Gasteiger partial charge is 0.454 e. The molecule has 2 rings (SSSR count). The number of nitro groups is 1. The normalized spacial score (nSPS) is 10.5. The van der Waals surface area contributed by atoms with Gasteiger partial charge in [0.15, 0.2) is 5.75 Å². The Bertz CT molecular complexity index is 686. The second kappa shape index (κ2) is 6.75. The van der Waals surface area contributed by atoms with Crippen LogP contribution in [0.25, 0.3) is 0 Å². The highest BCUT2D eigenvalue weighted by molar-refractivity contribution is 7.98. The van der Waals surface area contributed by atoms with Crippen LogP contribution in [0.2, 0.25) is 15.1 Å². The van der Waals surface area contributed by atoms with Crippen molar-refractivity contribution in [3.05, 3.63) is 55.5 Å². The maximum atomic E-state index is 10.9. The van der Waals surface area contributed by atoms with E-state index in [0.717, 1.165) is 0 Å². The Balaban J connectivity index is 2.39. The van der Waals surface area contributed by atoms with Crippen LogP contribution >= 0.6 is 46.6 Å². The quantitative estimate of drug-likeness (QED) is 0.375. The molecule has 0 amide bonds. The van der Waals surface area contributed by atoms with Gasteiger partial charge in [-0.1, -0.05) is 34.8 Å². The summed E-state index contributed by atoms with van der Waals surface area (Å²) in [6, 6.07) is 7.43. The molecule has 0 aliphatic heterocycles.